The Hall–Kier alpha value is -1.92. The topological polar surface area (TPSA) is 98.1 Å². The highest BCUT2D eigenvalue weighted by molar-refractivity contribution is 6.26. The summed E-state index contributed by atoms with van der Waals surface area (Å²) < 4.78 is 0. The summed E-state index contributed by atoms with van der Waals surface area (Å²) in [5.74, 6) is -1.39. The van der Waals surface area contributed by atoms with Crippen molar-refractivity contribution in [3.8, 4) is 0 Å². The van der Waals surface area contributed by atoms with Crippen molar-refractivity contribution < 1.29 is 24.9 Å². The molecule has 6 atom stereocenters. The van der Waals surface area contributed by atoms with Crippen LogP contribution in [0.15, 0.2) is 35.6 Å². The maximum atomic E-state index is 12.8. The molecule has 2 fully saturated rings. The second-order valence-corrected chi connectivity index (χ2v) is 8.93. The highest BCUT2D eigenvalue weighted by Crippen LogP contribution is 2.56. The molecule has 0 aromatic carbocycles. The summed E-state index contributed by atoms with van der Waals surface area (Å²) in [6.45, 7) is 5.17. The number of hydrogen-bond acceptors (Lipinski definition) is 5. The Labute approximate surface area is 166 Å². The fraction of sp³-hybridized carbons (Fsp3) is 0.636. The van der Waals surface area contributed by atoms with Crippen LogP contribution in [0.3, 0.4) is 0 Å². The molecule has 3 aliphatic rings. The second kappa shape index (κ2) is 7.16. The van der Waals surface area contributed by atoms with Gasteiger partial charge in [0.2, 0.25) is 0 Å². The molecule has 0 aromatic rings. The van der Waals surface area contributed by atoms with Gasteiger partial charge in [0.1, 0.15) is 17.4 Å². The van der Waals surface area contributed by atoms with E-state index < -0.39 is 35.4 Å². The van der Waals surface area contributed by atoms with Gasteiger partial charge in [-0.3, -0.25) is 9.59 Å². The van der Waals surface area contributed by atoms with Crippen LogP contribution < -0.4 is 0 Å². The van der Waals surface area contributed by atoms with E-state index in [0.717, 1.165) is 0 Å². The third-order valence-electron chi connectivity index (χ3n) is 7.09. The number of likely N-dealkylation sites (N-methyl/N-ethyl adjacent to an activating group) is 1. The van der Waals surface area contributed by atoms with E-state index in [1.165, 1.54) is 11.9 Å². The number of nitrogens with zero attached hydrogens (tertiary/aromatic N) is 1. The first-order chi connectivity index (χ1) is 13.1. The van der Waals surface area contributed by atoms with Crippen molar-refractivity contribution in [3.05, 3.63) is 35.6 Å². The lowest BCUT2D eigenvalue weighted by molar-refractivity contribution is -0.126. The van der Waals surface area contributed by atoms with Crippen molar-refractivity contribution in [2.45, 2.75) is 51.7 Å². The number of aliphatic hydroxyl groups is 3. The number of carbonyl (C=O) groups excluding carboxylic acids is 2. The molecule has 0 radical (unpaired) electrons. The highest BCUT2D eigenvalue weighted by Gasteiger charge is 2.55. The van der Waals surface area contributed by atoms with Crippen LogP contribution in [0.1, 0.15) is 40.0 Å². The van der Waals surface area contributed by atoms with Crippen molar-refractivity contribution in [2.24, 2.45) is 23.2 Å². The van der Waals surface area contributed by atoms with Crippen LogP contribution in [0.2, 0.25) is 0 Å². The number of likely N-dealkylation sites (tertiary alicyclic amines) is 1. The molecule has 6 nitrogen and oxygen atoms in total. The average Bonchev–Trinajstić information content (AvgIpc) is 2.84. The Bertz CT molecular complexity index is 765. The van der Waals surface area contributed by atoms with Crippen LogP contribution in [0, 0.1) is 23.2 Å². The van der Waals surface area contributed by atoms with Gasteiger partial charge in [-0.1, -0.05) is 31.2 Å². The maximum absolute atomic E-state index is 12.8. The first-order valence-electron chi connectivity index (χ1n) is 9.98. The molecule has 0 bridgehead atoms. The number of hydrogen-bond donors (Lipinski definition) is 3. The summed E-state index contributed by atoms with van der Waals surface area (Å²) in [5.41, 5.74) is -1.80. The van der Waals surface area contributed by atoms with Crippen LogP contribution in [0.25, 0.3) is 0 Å². The number of Topliss-reactive ketones (excluding diaryl/α,β-unsaturated/α-hetero) is 1. The molecule has 28 heavy (non-hydrogen) atoms. The summed E-state index contributed by atoms with van der Waals surface area (Å²) >= 11 is 0. The van der Waals surface area contributed by atoms with E-state index in [0.29, 0.717) is 19.3 Å². The third-order valence-corrected chi connectivity index (χ3v) is 7.09. The van der Waals surface area contributed by atoms with E-state index in [1.54, 1.807) is 0 Å². The summed E-state index contributed by atoms with van der Waals surface area (Å²) in [5, 5.41) is 31.4. The molecule has 1 aliphatic heterocycles. The van der Waals surface area contributed by atoms with Crippen LogP contribution in [0.5, 0.6) is 0 Å². The second-order valence-electron chi connectivity index (χ2n) is 8.93. The van der Waals surface area contributed by atoms with E-state index in [1.807, 2.05) is 39.0 Å². The molecular formula is C22H31NO5. The van der Waals surface area contributed by atoms with Gasteiger partial charge in [-0.15, -0.1) is 0 Å². The quantitative estimate of drug-likeness (QED) is 0.297. The summed E-state index contributed by atoms with van der Waals surface area (Å²) in [6, 6.07) is -0.949. The largest absolute Gasteiger partial charge is 0.511 e. The number of aliphatic hydroxyl groups excluding tert-OH is 2. The van der Waals surface area contributed by atoms with Gasteiger partial charge in [-0.25, -0.2) is 0 Å². The van der Waals surface area contributed by atoms with Gasteiger partial charge in [0.25, 0.3) is 5.91 Å². The van der Waals surface area contributed by atoms with E-state index in [2.05, 4.69) is 6.08 Å². The predicted molar refractivity (Wildman–Crippen MR) is 105 cm³/mol. The molecule has 1 amide bonds. The van der Waals surface area contributed by atoms with Gasteiger partial charge < -0.3 is 20.2 Å². The molecule has 1 saturated heterocycles. The number of ketones is 1. The Morgan fingerprint density at radius 2 is 2.00 bits per heavy atom. The molecule has 1 saturated carbocycles. The van der Waals surface area contributed by atoms with Crippen LogP contribution in [0.4, 0.5) is 0 Å². The average molecular weight is 389 g/mol. The number of allylic oxidation sites excluding steroid dienone is 5. The molecule has 0 aromatic heterocycles. The molecule has 0 unspecified atom stereocenters. The Morgan fingerprint density at radius 3 is 2.57 bits per heavy atom. The maximum Gasteiger partial charge on any atom is 0.261 e. The van der Waals surface area contributed by atoms with Crippen molar-refractivity contribution in [1.82, 2.24) is 4.90 Å². The van der Waals surface area contributed by atoms with E-state index in [4.69, 9.17) is 0 Å². The first-order valence-corrected chi connectivity index (χ1v) is 9.98. The van der Waals surface area contributed by atoms with E-state index in [9.17, 15) is 24.9 Å². The SMILES string of the molecule is C/C=C/[C@@H]1C=C[C@@H]2C[C@@](C)(O)CC[C@H]2[C@]1(C)/C(O)=C1\C(=O)[C@H](CO)N(C)C1=O. The molecular weight excluding hydrogens is 358 g/mol. The number of rotatable bonds is 3. The highest BCUT2D eigenvalue weighted by atomic mass is 16.3. The van der Waals surface area contributed by atoms with E-state index in [-0.39, 0.29) is 29.1 Å². The monoisotopic (exact) mass is 389 g/mol. The van der Waals surface area contributed by atoms with Crippen LogP contribution in [-0.2, 0) is 9.59 Å². The standard InChI is InChI=1S/C22H31NO5/c1-5-6-14-8-7-13-11-21(2,28)10-9-15(13)22(14,3)19(26)17-18(25)16(12-24)23(4)20(17)27/h5-8,13-16,24,26,28H,9-12H2,1-4H3/b6-5+,19-17-/t13-,14-,15-,16+,21+,22-/m1/s1. The Balaban J connectivity index is 2.14. The lowest BCUT2D eigenvalue weighted by Crippen LogP contribution is -2.48. The predicted octanol–water partition coefficient (Wildman–Crippen LogP) is 2.14. The third kappa shape index (κ3) is 3.03. The van der Waals surface area contributed by atoms with Crippen molar-refractivity contribution in [3.63, 3.8) is 0 Å². The molecule has 0 spiro atoms. The molecule has 3 rings (SSSR count). The number of fused-ring (bicyclic) bond motifs is 1. The fourth-order valence-corrected chi connectivity index (χ4v) is 5.35. The molecule has 2 aliphatic carbocycles. The zero-order valence-electron chi connectivity index (χ0n) is 17.1. The van der Waals surface area contributed by atoms with Crippen molar-refractivity contribution in [2.75, 3.05) is 13.7 Å². The zero-order chi connectivity index (χ0) is 20.9. The fourth-order valence-electron chi connectivity index (χ4n) is 5.35. The minimum atomic E-state index is -0.949. The smallest absolute Gasteiger partial charge is 0.261 e. The minimum absolute atomic E-state index is 0.00879. The Kier molecular flexibility index (Phi) is 5.32. The van der Waals surface area contributed by atoms with Gasteiger partial charge in [-0.05, 0) is 44.9 Å². The van der Waals surface area contributed by atoms with Gasteiger partial charge >= 0.3 is 0 Å². The van der Waals surface area contributed by atoms with Gasteiger partial charge in [0.05, 0.1) is 12.2 Å². The minimum Gasteiger partial charge on any atom is -0.511 e. The van der Waals surface area contributed by atoms with Crippen LogP contribution in [-0.4, -0.2) is 57.2 Å². The molecule has 154 valence electrons. The summed E-state index contributed by atoms with van der Waals surface area (Å²) in [4.78, 5) is 26.7. The van der Waals surface area contributed by atoms with Gasteiger partial charge in [-0.2, -0.15) is 0 Å². The summed E-state index contributed by atoms with van der Waals surface area (Å²) in [7, 11) is 1.47. The normalized spacial score (nSPS) is 43.0. The molecule has 6 heteroatoms. The first kappa shape index (κ1) is 20.8. The Morgan fingerprint density at radius 1 is 1.32 bits per heavy atom. The van der Waals surface area contributed by atoms with Crippen molar-refractivity contribution >= 4 is 11.7 Å². The van der Waals surface area contributed by atoms with E-state index >= 15 is 0 Å². The molecule has 3 N–H and O–H groups in total. The lowest BCUT2D eigenvalue weighted by Gasteiger charge is -2.52. The molecule has 1 heterocycles. The number of amides is 1. The van der Waals surface area contributed by atoms with Gasteiger partial charge in [0, 0.05) is 18.4 Å². The summed E-state index contributed by atoms with van der Waals surface area (Å²) in [6.07, 6.45) is 9.87. The number of carbonyl (C=O) groups is 2. The van der Waals surface area contributed by atoms with Crippen molar-refractivity contribution in [1.29, 1.82) is 0 Å². The van der Waals surface area contributed by atoms with Gasteiger partial charge in [0.15, 0.2) is 5.78 Å². The van der Waals surface area contributed by atoms with Crippen LogP contribution >= 0.6 is 0 Å². The zero-order valence-corrected chi connectivity index (χ0v) is 17.1. The lowest BCUT2D eigenvalue weighted by atomic mass is 9.53.